The number of halogens is 5. The maximum absolute atomic E-state index is 12.8. The van der Waals surface area contributed by atoms with Crippen LogP contribution < -0.4 is 4.74 Å². The van der Waals surface area contributed by atoms with Gasteiger partial charge in [-0.25, -0.2) is 0 Å². The molecule has 0 aliphatic carbocycles. The Morgan fingerprint density at radius 2 is 2.07 bits per heavy atom. The molecule has 0 saturated carbocycles. The van der Waals surface area contributed by atoms with Crippen LogP contribution >= 0.6 is 15.9 Å². The number of nitriles is 1. The molecule has 1 aromatic heterocycles. The van der Waals surface area contributed by atoms with Crippen molar-refractivity contribution in [2.75, 3.05) is 0 Å². The summed E-state index contributed by atoms with van der Waals surface area (Å²) < 4.78 is 51.1. The van der Waals surface area contributed by atoms with Crippen LogP contribution in [0.4, 0.5) is 17.6 Å². The molecule has 3 nitrogen and oxygen atoms in total. The normalized spacial score (nSPS) is 10.9. The summed E-state index contributed by atoms with van der Waals surface area (Å²) in [6.07, 6.45) is -4.97. The van der Waals surface area contributed by atoms with Crippen molar-refractivity contribution in [3.63, 3.8) is 0 Å². The van der Waals surface area contributed by atoms with Gasteiger partial charge in [-0.2, -0.15) is 14.6 Å². The predicted molar refractivity (Wildman–Crippen MR) is 43.3 cm³/mol. The van der Waals surface area contributed by atoms with Gasteiger partial charge in [0.25, 0.3) is 0 Å². The molecular weight excluding hydrogens is 284 g/mol. The molecule has 0 amide bonds. The Labute approximate surface area is 89.4 Å². The molecule has 1 heterocycles. The molecule has 0 aromatic carbocycles. The molecule has 0 bridgehead atoms. The lowest BCUT2D eigenvalue weighted by Crippen LogP contribution is -2.18. The molecule has 0 saturated heterocycles. The first-order valence-electron chi connectivity index (χ1n) is 3.35. The number of nitrogens with zero attached hydrogens (tertiary/aromatic N) is 2. The molecule has 1 rings (SSSR count). The van der Waals surface area contributed by atoms with Crippen LogP contribution in [0, 0.1) is 17.3 Å². The number of hydrogen-bond acceptors (Lipinski definition) is 3. The van der Waals surface area contributed by atoms with Crippen molar-refractivity contribution >= 4 is 15.9 Å². The second-order valence-electron chi connectivity index (χ2n) is 2.27. The molecule has 0 aliphatic heterocycles. The zero-order chi connectivity index (χ0) is 11.6. The number of hydrogen-bond donors (Lipinski definition) is 0. The van der Waals surface area contributed by atoms with E-state index in [2.05, 4.69) is 25.7 Å². The second kappa shape index (κ2) is 4.02. The SMILES string of the molecule is N#Cc1cc(OC(F)(F)F)nc(F)c1Br. The van der Waals surface area contributed by atoms with E-state index in [0.29, 0.717) is 6.07 Å². The lowest BCUT2D eigenvalue weighted by Gasteiger charge is -2.08. The first-order valence-corrected chi connectivity index (χ1v) is 4.14. The topological polar surface area (TPSA) is 45.9 Å². The number of pyridine rings is 1. The molecule has 0 unspecified atom stereocenters. The van der Waals surface area contributed by atoms with Crippen LogP contribution in [0.25, 0.3) is 0 Å². The van der Waals surface area contributed by atoms with E-state index in [0.717, 1.165) is 0 Å². The summed E-state index contributed by atoms with van der Waals surface area (Å²) in [5.74, 6) is -2.26. The van der Waals surface area contributed by atoms with Gasteiger partial charge in [0, 0.05) is 6.07 Å². The molecule has 80 valence electrons. The lowest BCUT2D eigenvalue weighted by atomic mass is 10.3. The van der Waals surface area contributed by atoms with E-state index in [4.69, 9.17) is 5.26 Å². The average molecular weight is 285 g/mol. The van der Waals surface area contributed by atoms with Gasteiger partial charge in [-0.3, -0.25) is 0 Å². The van der Waals surface area contributed by atoms with Gasteiger partial charge in [-0.1, -0.05) is 0 Å². The molecule has 0 fully saturated rings. The highest BCUT2D eigenvalue weighted by Crippen LogP contribution is 2.26. The van der Waals surface area contributed by atoms with Crippen LogP contribution in [0.3, 0.4) is 0 Å². The van der Waals surface area contributed by atoms with Crippen molar-refractivity contribution in [2.24, 2.45) is 0 Å². The fourth-order valence-electron chi connectivity index (χ4n) is 0.728. The summed E-state index contributed by atoms with van der Waals surface area (Å²) in [5, 5.41) is 8.45. The zero-order valence-corrected chi connectivity index (χ0v) is 8.36. The maximum atomic E-state index is 12.8. The molecule has 15 heavy (non-hydrogen) atoms. The highest BCUT2D eigenvalue weighted by Gasteiger charge is 2.32. The molecule has 1 aromatic rings. The van der Waals surface area contributed by atoms with Crippen LogP contribution in [0.15, 0.2) is 10.5 Å². The Morgan fingerprint density at radius 1 is 1.47 bits per heavy atom. The summed E-state index contributed by atoms with van der Waals surface area (Å²) in [4.78, 5) is 2.86. The van der Waals surface area contributed by atoms with Crippen LogP contribution in [-0.4, -0.2) is 11.3 Å². The fraction of sp³-hybridized carbons (Fsp3) is 0.143. The Hall–Kier alpha value is -1.36. The first kappa shape index (κ1) is 11.7. The maximum Gasteiger partial charge on any atom is 0.574 e. The Morgan fingerprint density at radius 3 is 2.53 bits per heavy atom. The third-order valence-electron chi connectivity index (χ3n) is 1.23. The summed E-state index contributed by atoms with van der Waals surface area (Å²) in [6, 6.07) is 2.17. The van der Waals surface area contributed by atoms with E-state index in [1.807, 2.05) is 0 Å². The fourth-order valence-corrected chi connectivity index (χ4v) is 1.02. The van der Waals surface area contributed by atoms with Crippen molar-refractivity contribution in [1.29, 1.82) is 5.26 Å². The van der Waals surface area contributed by atoms with Gasteiger partial charge in [0.1, 0.15) is 6.07 Å². The van der Waals surface area contributed by atoms with Crippen molar-refractivity contribution in [3.8, 4) is 11.9 Å². The van der Waals surface area contributed by atoms with E-state index < -0.39 is 18.2 Å². The van der Waals surface area contributed by atoms with Gasteiger partial charge >= 0.3 is 6.36 Å². The predicted octanol–water partition coefficient (Wildman–Crippen LogP) is 2.75. The molecule has 0 atom stereocenters. The average Bonchev–Trinajstić information content (AvgIpc) is 2.08. The van der Waals surface area contributed by atoms with E-state index >= 15 is 0 Å². The van der Waals surface area contributed by atoms with E-state index in [-0.39, 0.29) is 10.0 Å². The highest BCUT2D eigenvalue weighted by atomic mass is 79.9. The molecule has 0 radical (unpaired) electrons. The molecule has 0 N–H and O–H groups in total. The minimum Gasteiger partial charge on any atom is -0.388 e. The monoisotopic (exact) mass is 284 g/mol. The smallest absolute Gasteiger partial charge is 0.388 e. The number of alkyl halides is 3. The largest absolute Gasteiger partial charge is 0.574 e. The minimum absolute atomic E-state index is 0.306. The third-order valence-corrected chi connectivity index (χ3v) is 1.99. The Balaban J connectivity index is 3.13. The first-order chi connectivity index (χ1) is 6.83. The van der Waals surface area contributed by atoms with Crippen LogP contribution in [0.1, 0.15) is 5.56 Å². The number of ether oxygens (including phenoxy) is 1. The molecular formula is C7HBrF4N2O. The number of aromatic nitrogens is 1. The second-order valence-corrected chi connectivity index (χ2v) is 3.07. The molecule has 8 heteroatoms. The Bertz CT molecular complexity index is 426. The lowest BCUT2D eigenvalue weighted by molar-refractivity contribution is -0.276. The molecule has 0 spiro atoms. The number of rotatable bonds is 1. The zero-order valence-electron chi connectivity index (χ0n) is 6.77. The van der Waals surface area contributed by atoms with Crippen molar-refractivity contribution in [3.05, 3.63) is 22.1 Å². The van der Waals surface area contributed by atoms with Crippen molar-refractivity contribution in [2.45, 2.75) is 6.36 Å². The van der Waals surface area contributed by atoms with Crippen LogP contribution in [0.5, 0.6) is 5.88 Å². The van der Waals surface area contributed by atoms with Crippen molar-refractivity contribution in [1.82, 2.24) is 4.98 Å². The summed E-state index contributed by atoms with van der Waals surface area (Å²) in [5.41, 5.74) is -0.332. The molecule has 0 aliphatic rings. The third kappa shape index (κ3) is 3.06. The van der Waals surface area contributed by atoms with Crippen molar-refractivity contribution < 1.29 is 22.3 Å². The summed E-state index contributed by atoms with van der Waals surface area (Å²) in [6.45, 7) is 0. The van der Waals surface area contributed by atoms with E-state index in [1.165, 1.54) is 6.07 Å². The Kier molecular flexibility index (Phi) is 3.14. The quantitative estimate of drug-likeness (QED) is 0.588. The highest BCUT2D eigenvalue weighted by molar-refractivity contribution is 9.10. The minimum atomic E-state index is -4.97. The van der Waals surface area contributed by atoms with Gasteiger partial charge in [-0.05, 0) is 15.9 Å². The van der Waals surface area contributed by atoms with Crippen LogP contribution in [-0.2, 0) is 0 Å². The van der Waals surface area contributed by atoms with Gasteiger partial charge in [0.15, 0.2) is 0 Å². The van der Waals surface area contributed by atoms with Gasteiger partial charge in [-0.15, -0.1) is 13.2 Å². The van der Waals surface area contributed by atoms with Crippen LogP contribution in [0.2, 0.25) is 0 Å². The van der Waals surface area contributed by atoms with Gasteiger partial charge in [0.05, 0.1) is 10.0 Å². The van der Waals surface area contributed by atoms with E-state index in [1.54, 1.807) is 0 Å². The standard InChI is InChI=1S/C7HBrF4N2O/c8-5-3(2-13)1-4(14-6(5)9)15-7(10,11)12/h1H. The van der Waals surface area contributed by atoms with E-state index in [9.17, 15) is 17.6 Å². The summed E-state index contributed by atoms with van der Waals surface area (Å²) in [7, 11) is 0. The van der Waals surface area contributed by atoms with Gasteiger partial charge in [0.2, 0.25) is 11.8 Å². The summed E-state index contributed by atoms with van der Waals surface area (Å²) >= 11 is 2.66. The van der Waals surface area contributed by atoms with Gasteiger partial charge < -0.3 is 4.74 Å².